The van der Waals surface area contributed by atoms with Crippen LogP contribution in [0.1, 0.15) is 26.3 Å². The number of fused-ring (bicyclic) bond motifs is 1. The van der Waals surface area contributed by atoms with Gasteiger partial charge in [0.15, 0.2) is 5.16 Å². The number of hydrogen-bond acceptors (Lipinski definition) is 7. The molecule has 0 radical (unpaired) electrons. The third-order valence-corrected chi connectivity index (χ3v) is 3.96. The first-order valence-electron chi connectivity index (χ1n) is 6.22. The number of carbonyl (C=O) groups excluding carboxylic acids is 2. The van der Waals surface area contributed by atoms with Gasteiger partial charge in [-0.1, -0.05) is 23.9 Å². The predicted octanol–water partition coefficient (Wildman–Crippen LogP) is 1.28. The Morgan fingerprint density at radius 1 is 1.23 bits per heavy atom. The summed E-state index contributed by atoms with van der Waals surface area (Å²) < 4.78 is 0. The third kappa shape index (κ3) is 2.27. The number of aromatic nitrogens is 2. The topological polar surface area (TPSA) is 113 Å². The summed E-state index contributed by atoms with van der Waals surface area (Å²) in [6.07, 6.45) is 1.31. The highest BCUT2D eigenvalue weighted by Gasteiger charge is 2.35. The van der Waals surface area contributed by atoms with Crippen LogP contribution in [-0.4, -0.2) is 32.6 Å². The minimum Gasteiger partial charge on any atom is -0.382 e. The molecule has 8 heteroatoms. The van der Waals surface area contributed by atoms with Crippen LogP contribution in [0.25, 0.3) is 0 Å². The number of imide groups is 1. The zero-order valence-electron chi connectivity index (χ0n) is 11.2. The summed E-state index contributed by atoms with van der Waals surface area (Å²) in [5.41, 5.74) is 6.58. The molecule has 1 aromatic carbocycles. The van der Waals surface area contributed by atoms with Crippen molar-refractivity contribution < 1.29 is 9.59 Å². The quantitative estimate of drug-likeness (QED) is 0.516. The Morgan fingerprint density at radius 3 is 2.41 bits per heavy atom. The van der Waals surface area contributed by atoms with Crippen LogP contribution >= 0.6 is 11.8 Å². The fraction of sp³-hybridized carbons (Fsp3) is 0.0714. The molecule has 22 heavy (non-hydrogen) atoms. The standard InChI is InChI=1S/C14H9N5O2S/c15-5-8-6-17-14(18-11(8)16)22-7-19-12(20)9-3-1-2-4-10(9)13(19)21/h1-4,6H,7H2,(H2,16,17,18). The maximum Gasteiger partial charge on any atom is 0.262 e. The second-order valence-electron chi connectivity index (χ2n) is 4.42. The normalized spacial score (nSPS) is 13.1. The second-order valence-corrected chi connectivity index (χ2v) is 5.33. The van der Waals surface area contributed by atoms with E-state index < -0.39 is 0 Å². The first kappa shape index (κ1) is 14.0. The maximum atomic E-state index is 12.2. The molecule has 1 aromatic heterocycles. The molecular formula is C14H9N5O2S. The number of anilines is 1. The van der Waals surface area contributed by atoms with Gasteiger partial charge in [0.1, 0.15) is 17.5 Å². The van der Waals surface area contributed by atoms with Crippen molar-refractivity contribution in [1.82, 2.24) is 14.9 Å². The van der Waals surface area contributed by atoms with E-state index in [4.69, 9.17) is 11.0 Å². The number of nitrogens with two attached hydrogens (primary N) is 1. The highest BCUT2D eigenvalue weighted by atomic mass is 32.2. The number of carbonyl (C=O) groups is 2. The average molecular weight is 311 g/mol. The largest absolute Gasteiger partial charge is 0.382 e. The van der Waals surface area contributed by atoms with Gasteiger partial charge >= 0.3 is 0 Å². The molecule has 0 aliphatic carbocycles. The fourth-order valence-corrected chi connectivity index (χ4v) is 2.78. The number of thioether (sulfide) groups is 1. The molecule has 1 aliphatic rings. The molecule has 108 valence electrons. The van der Waals surface area contributed by atoms with Crippen molar-refractivity contribution in [2.75, 3.05) is 11.6 Å². The van der Waals surface area contributed by atoms with E-state index in [1.807, 2.05) is 6.07 Å². The van der Waals surface area contributed by atoms with Crippen LogP contribution in [0.2, 0.25) is 0 Å². The van der Waals surface area contributed by atoms with Crippen LogP contribution < -0.4 is 5.73 Å². The second kappa shape index (κ2) is 5.46. The van der Waals surface area contributed by atoms with Crippen molar-refractivity contribution in [3.8, 4) is 6.07 Å². The molecule has 1 aliphatic heterocycles. The number of nitrogens with zero attached hydrogens (tertiary/aromatic N) is 4. The Hall–Kier alpha value is -2.92. The monoisotopic (exact) mass is 311 g/mol. The van der Waals surface area contributed by atoms with Crippen molar-refractivity contribution in [1.29, 1.82) is 5.26 Å². The zero-order chi connectivity index (χ0) is 15.7. The molecule has 0 bridgehead atoms. The Morgan fingerprint density at radius 2 is 1.86 bits per heavy atom. The first-order chi connectivity index (χ1) is 10.6. The van der Waals surface area contributed by atoms with Crippen molar-refractivity contribution in [3.63, 3.8) is 0 Å². The predicted molar refractivity (Wildman–Crippen MR) is 78.8 cm³/mol. The number of nitrogen functional groups attached to an aromatic ring is 1. The van der Waals surface area contributed by atoms with E-state index in [0.29, 0.717) is 16.3 Å². The molecule has 0 saturated heterocycles. The lowest BCUT2D eigenvalue weighted by atomic mass is 10.1. The van der Waals surface area contributed by atoms with Crippen LogP contribution in [0.15, 0.2) is 35.6 Å². The Bertz CT molecular complexity index is 795. The van der Waals surface area contributed by atoms with E-state index in [0.717, 1.165) is 16.7 Å². The summed E-state index contributed by atoms with van der Waals surface area (Å²) in [7, 11) is 0. The summed E-state index contributed by atoms with van der Waals surface area (Å²) in [5.74, 6) is -0.524. The van der Waals surface area contributed by atoms with Gasteiger partial charge in [0.05, 0.1) is 23.2 Å². The molecule has 2 amide bonds. The smallest absolute Gasteiger partial charge is 0.262 e. The Kier molecular flexibility index (Phi) is 3.48. The minimum absolute atomic E-state index is 0.0716. The van der Waals surface area contributed by atoms with E-state index in [2.05, 4.69) is 9.97 Å². The van der Waals surface area contributed by atoms with Crippen molar-refractivity contribution in [2.24, 2.45) is 0 Å². The molecule has 2 aromatic rings. The van der Waals surface area contributed by atoms with Gasteiger partial charge in [-0.05, 0) is 12.1 Å². The SMILES string of the molecule is N#Cc1cnc(SCN2C(=O)c3ccccc3C2=O)nc1N. The fourth-order valence-electron chi connectivity index (χ4n) is 2.01. The zero-order valence-corrected chi connectivity index (χ0v) is 12.0. The maximum absolute atomic E-state index is 12.2. The van der Waals surface area contributed by atoms with Crippen LogP contribution in [0, 0.1) is 11.3 Å². The minimum atomic E-state index is -0.338. The van der Waals surface area contributed by atoms with Gasteiger partial charge in [0.25, 0.3) is 11.8 Å². The van der Waals surface area contributed by atoms with Crippen LogP contribution in [0.3, 0.4) is 0 Å². The van der Waals surface area contributed by atoms with E-state index in [1.165, 1.54) is 6.20 Å². The summed E-state index contributed by atoms with van der Waals surface area (Å²) in [4.78, 5) is 33.4. The summed E-state index contributed by atoms with van der Waals surface area (Å²) in [5, 5.41) is 9.07. The van der Waals surface area contributed by atoms with Gasteiger partial charge in [-0.2, -0.15) is 5.26 Å². The first-order valence-corrected chi connectivity index (χ1v) is 7.21. The lowest BCUT2D eigenvalue weighted by molar-refractivity contribution is 0.0684. The Balaban J connectivity index is 1.76. The molecule has 0 atom stereocenters. The van der Waals surface area contributed by atoms with Crippen LogP contribution in [0.5, 0.6) is 0 Å². The third-order valence-electron chi connectivity index (χ3n) is 3.12. The highest BCUT2D eigenvalue weighted by Crippen LogP contribution is 2.26. The number of nitriles is 1. The van der Waals surface area contributed by atoms with Gasteiger partial charge in [-0.25, -0.2) is 9.97 Å². The molecule has 3 rings (SSSR count). The summed E-state index contributed by atoms with van der Waals surface area (Å²) >= 11 is 1.10. The van der Waals surface area contributed by atoms with Gasteiger partial charge in [-0.3, -0.25) is 14.5 Å². The van der Waals surface area contributed by atoms with Crippen molar-refractivity contribution in [3.05, 3.63) is 47.2 Å². The van der Waals surface area contributed by atoms with Gasteiger partial charge in [0, 0.05) is 0 Å². The number of rotatable bonds is 3. The number of benzene rings is 1. The summed E-state index contributed by atoms with van der Waals surface area (Å²) in [6, 6.07) is 8.54. The number of hydrogen-bond donors (Lipinski definition) is 1. The van der Waals surface area contributed by atoms with Gasteiger partial charge in [0.2, 0.25) is 0 Å². The van der Waals surface area contributed by atoms with E-state index in [9.17, 15) is 9.59 Å². The molecule has 7 nitrogen and oxygen atoms in total. The van der Waals surface area contributed by atoms with E-state index in [1.54, 1.807) is 24.3 Å². The molecular weight excluding hydrogens is 302 g/mol. The van der Waals surface area contributed by atoms with Crippen molar-refractivity contribution >= 4 is 29.4 Å². The average Bonchev–Trinajstić information content (AvgIpc) is 2.77. The van der Waals surface area contributed by atoms with Gasteiger partial charge < -0.3 is 5.73 Å². The molecule has 2 heterocycles. The number of amides is 2. The molecule has 0 unspecified atom stereocenters. The molecule has 0 spiro atoms. The lowest BCUT2D eigenvalue weighted by Gasteiger charge is -2.12. The molecule has 2 N–H and O–H groups in total. The van der Waals surface area contributed by atoms with Crippen molar-refractivity contribution in [2.45, 2.75) is 5.16 Å². The van der Waals surface area contributed by atoms with Crippen LogP contribution in [-0.2, 0) is 0 Å². The lowest BCUT2D eigenvalue weighted by Crippen LogP contribution is -2.29. The summed E-state index contributed by atoms with van der Waals surface area (Å²) in [6.45, 7) is 0. The van der Waals surface area contributed by atoms with E-state index in [-0.39, 0.29) is 29.1 Å². The Labute approximate surface area is 129 Å². The molecule has 0 fully saturated rings. The van der Waals surface area contributed by atoms with E-state index >= 15 is 0 Å². The van der Waals surface area contributed by atoms with Gasteiger partial charge in [-0.15, -0.1) is 0 Å². The highest BCUT2D eigenvalue weighted by molar-refractivity contribution is 7.99. The molecule has 0 saturated carbocycles. The van der Waals surface area contributed by atoms with Crippen LogP contribution in [0.4, 0.5) is 5.82 Å².